The van der Waals surface area contributed by atoms with Crippen LogP contribution in [0.4, 0.5) is 0 Å². The fraction of sp³-hybridized carbons (Fsp3) is 0.125. The van der Waals surface area contributed by atoms with Crippen molar-refractivity contribution in [3.05, 3.63) is 99.2 Å². The Hall–Kier alpha value is -3.13. The summed E-state index contributed by atoms with van der Waals surface area (Å²) in [7, 11) is 0. The molecule has 0 spiro atoms. The average molecular weight is 501 g/mol. The van der Waals surface area contributed by atoms with Gasteiger partial charge in [-0.25, -0.2) is 9.78 Å². The summed E-state index contributed by atoms with van der Waals surface area (Å²) in [6.07, 6.45) is 1.79. The van der Waals surface area contributed by atoms with Gasteiger partial charge in [-0.3, -0.25) is 4.79 Å². The first-order chi connectivity index (χ1) is 15.9. The number of carbonyl (C=O) groups excluding carboxylic acids is 1. The maximum Gasteiger partial charge on any atom is 0.326 e. The van der Waals surface area contributed by atoms with Crippen LogP contribution in [0.15, 0.2) is 76.7 Å². The molecule has 1 atom stereocenters. The van der Waals surface area contributed by atoms with Gasteiger partial charge >= 0.3 is 5.97 Å². The Morgan fingerprint density at radius 3 is 2.55 bits per heavy atom. The largest absolute Gasteiger partial charge is 0.480 e. The van der Waals surface area contributed by atoms with Crippen molar-refractivity contribution < 1.29 is 19.1 Å². The van der Waals surface area contributed by atoms with Gasteiger partial charge in [-0.1, -0.05) is 53.5 Å². The topological polar surface area (TPSA) is 83.6 Å². The Morgan fingerprint density at radius 1 is 1.09 bits per heavy atom. The summed E-state index contributed by atoms with van der Waals surface area (Å²) in [5, 5.41) is 13.1. The minimum atomic E-state index is -1.15. The minimum absolute atomic E-state index is 0.0625. The lowest BCUT2D eigenvalue weighted by Gasteiger charge is -2.29. The standard InChI is InChI=1S/C24H18Cl2N2O4S/c25-16-6-8-18(19(26)13-16)23(29)28(20(24(30)31)12-15-4-2-1-3-5-15)14-17-7-9-21(32-17)22-27-10-11-33-22/h1-11,13,20H,12,14H2,(H,30,31). The van der Waals surface area contributed by atoms with Gasteiger partial charge in [0.05, 0.1) is 17.1 Å². The smallest absolute Gasteiger partial charge is 0.326 e. The zero-order valence-electron chi connectivity index (χ0n) is 17.2. The van der Waals surface area contributed by atoms with E-state index in [9.17, 15) is 14.7 Å². The second-order valence-electron chi connectivity index (χ2n) is 7.20. The number of amides is 1. The van der Waals surface area contributed by atoms with Crippen LogP contribution in [0.25, 0.3) is 10.8 Å². The quantitative estimate of drug-likeness (QED) is 0.318. The first-order valence-electron chi connectivity index (χ1n) is 9.93. The molecule has 0 aliphatic heterocycles. The summed E-state index contributed by atoms with van der Waals surface area (Å²) < 4.78 is 5.88. The fourth-order valence-electron chi connectivity index (χ4n) is 3.40. The molecule has 1 unspecified atom stereocenters. The Morgan fingerprint density at radius 2 is 1.88 bits per heavy atom. The molecule has 6 nitrogen and oxygen atoms in total. The number of furan rings is 1. The number of halogens is 2. The van der Waals surface area contributed by atoms with Crippen molar-refractivity contribution in [2.24, 2.45) is 0 Å². The third-order valence-corrected chi connectivity index (χ3v) is 6.32. The van der Waals surface area contributed by atoms with E-state index in [1.165, 1.54) is 28.4 Å². The zero-order valence-corrected chi connectivity index (χ0v) is 19.5. The van der Waals surface area contributed by atoms with E-state index in [4.69, 9.17) is 27.6 Å². The van der Waals surface area contributed by atoms with Crippen LogP contribution in [0.3, 0.4) is 0 Å². The lowest BCUT2D eigenvalue weighted by atomic mass is 10.0. The van der Waals surface area contributed by atoms with Gasteiger partial charge in [0, 0.05) is 23.0 Å². The maximum absolute atomic E-state index is 13.5. The van der Waals surface area contributed by atoms with Crippen molar-refractivity contribution in [2.75, 3.05) is 0 Å². The average Bonchev–Trinajstić information content (AvgIpc) is 3.48. The van der Waals surface area contributed by atoms with Crippen molar-refractivity contribution >= 4 is 46.4 Å². The predicted octanol–water partition coefficient (Wildman–Crippen LogP) is 6.05. The van der Waals surface area contributed by atoms with E-state index in [2.05, 4.69) is 4.98 Å². The number of thiazole rings is 1. The molecule has 33 heavy (non-hydrogen) atoms. The zero-order chi connectivity index (χ0) is 23.4. The van der Waals surface area contributed by atoms with E-state index in [0.717, 1.165) is 5.56 Å². The van der Waals surface area contributed by atoms with Crippen LogP contribution in [-0.4, -0.2) is 32.9 Å². The van der Waals surface area contributed by atoms with Gasteiger partial charge < -0.3 is 14.4 Å². The van der Waals surface area contributed by atoms with Crippen molar-refractivity contribution in [1.29, 1.82) is 0 Å². The number of aromatic nitrogens is 1. The second-order valence-corrected chi connectivity index (χ2v) is 8.94. The summed E-state index contributed by atoms with van der Waals surface area (Å²) in [6, 6.07) is 15.9. The molecule has 2 heterocycles. The molecule has 0 bridgehead atoms. The fourth-order valence-corrected chi connectivity index (χ4v) is 4.49. The van der Waals surface area contributed by atoms with Crippen LogP contribution in [0.5, 0.6) is 0 Å². The molecule has 1 N–H and O–H groups in total. The van der Waals surface area contributed by atoms with Gasteiger partial charge in [0.1, 0.15) is 11.8 Å². The monoisotopic (exact) mass is 500 g/mol. The predicted molar refractivity (Wildman–Crippen MR) is 128 cm³/mol. The number of carboxylic acids is 1. The molecule has 4 rings (SSSR count). The molecule has 9 heteroatoms. The molecule has 0 fully saturated rings. The van der Waals surface area contributed by atoms with E-state index in [0.29, 0.717) is 21.6 Å². The van der Waals surface area contributed by atoms with Crippen molar-refractivity contribution in [1.82, 2.24) is 9.88 Å². The molecule has 168 valence electrons. The highest BCUT2D eigenvalue weighted by atomic mass is 35.5. The third kappa shape index (κ3) is 5.45. The highest BCUT2D eigenvalue weighted by molar-refractivity contribution is 7.13. The first-order valence-corrected chi connectivity index (χ1v) is 11.6. The van der Waals surface area contributed by atoms with E-state index in [1.54, 1.807) is 24.4 Å². The molecule has 0 aliphatic carbocycles. The first kappa shape index (κ1) is 23.0. The normalized spacial score (nSPS) is 11.8. The summed E-state index contributed by atoms with van der Waals surface area (Å²) >= 11 is 13.7. The van der Waals surface area contributed by atoms with Crippen LogP contribution >= 0.6 is 34.5 Å². The molecule has 0 radical (unpaired) electrons. The van der Waals surface area contributed by atoms with Gasteiger partial charge in [-0.2, -0.15) is 0 Å². The van der Waals surface area contributed by atoms with E-state index >= 15 is 0 Å². The molecule has 4 aromatic rings. The molecule has 1 amide bonds. The maximum atomic E-state index is 13.5. The number of rotatable bonds is 8. The molecule has 2 aromatic heterocycles. The summed E-state index contributed by atoms with van der Waals surface area (Å²) in [5.74, 6) is -0.694. The van der Waals surface area contributed by atoms with E-state index in [-0.39, 0.29) is 23.6 Å². The van der Waals surface area contributed by atoms with Gasteiger partial charge in [0.2, 0.25) is 0 Å². The summed E-state index contributed by atoms with van der Waals surface area (Å²) in [5.41, 5.74) is 0.944. The second kappa shape index (κ2) is 10.2. The Balaban J connectivity index is 1.70. The third-order valence-electron chi connectivity index (χ3n) is 4.99. The SMILES string of the molecule is O=C(O)C(Cc1ccccc1)N(Cc1ccc(-c2nccs2)o1)C(=O)c1ccc(Cl)cc1Cl. The molecule has 2 aromatic carbocycles. The summed E-state index contributed by atoms with van der Waals surface area (Å²) in [4.78, 5) is 31.3. The van der Waals surface area contributed by atoms with Crippen molar-refractivity contribution in [3.63, 3.8) is 0 Å². The van der Waals surface area contributed by atoms with Gasteiger partial charge in [-0.15, -0.1) is 11.3 Å². The Kier molecular flexibility index (Phi) is 7.13. The summed E-state index contributed by atoms with van der Waals surface area (Å²) in [6.45, 7) is -0.0625. The van der Waals surface area contributed by atoms with Gasteiger partial charge in [-0.05, 0) is 35.9 Å². The molecular formula is C24H18Cl2N2O4S. The van der Waals surface area contributed by atoms with Crippen LogP contribution in [-0.2, 0) is 17.8 Å². The Bertz CT molecular complexity index is 1260. The number of benzene rings is 2. The molecule has 0 saturated carbocycles. The number of carbonyl (C=O) groups is 2. The minimum Gasteiger partial charge on any atom is -0.480 e. The number of hydrogen-bond donors (Lipinski definition) is 1. The highest BCUT2D eigenvalue weighted by Crippen LogP contribution is 2.28. The highest BCUT2D eigenvalue weighted by Gasteiger charge is 2.32. The van der Waals surface area contributed by atoms with Crippen LogP contribution < -0.4 is 0 Å². The van der Waals surface area contributed by atoms with Crippen LogP contribution in [0, 0.1) is 0 Å². The lowest BCUT2D eigenvalue weighted by Crippen LogP contribution is -2.46. The van der Waals surface area contributed by atoms with Crippen molar-refractivity contribution in [3.8, 4) is 10.8 Å². The molecular weight excluding hydrogens is 483 g/mol. The number of carboxylic acid groups (broad SMARTS) is 1. The van der Waals surface area contributed by atoms with Crippen LogP contribution in [0.1, 0.15) is 21.7 Å². The number of aliphatic carboxylic acids is 1. The number of nitrogens with zero attached hydrogens (tertiary/aromatic N) is 2. The molecule has 0 saturated heterocycles. The molecule has 0 aliphatic rings. The van der Waals surface area contributed by atoms with Gasteiger partial charge in [0.25, 0.3) is 5.91 Å². The number of hydrogen-bond acceptors (Lipinski definition) is 5. The van der Waals surface area contributed by atoms with Gasteiger partial charge in [0.15, 0.2) is 10.8 Å². The van der Waals surface area contributed by atoms with E-state index < -0.39 is 17.9 Å². The van der Waals surface area contributed by atoms with E-state index in [1.807, 2.05) is 35.7 Å². The van der Waals surface area contributed by atoms with Crippen molar-refractivity contribution in [2.45, 2.75) is 19.0 Å². The Labute approximate surface area is 204 Å². The van der Waals surface area contributed by atoms with Crippen LogP contribution in [0.2, 0.25) is 10.0 Å². The lowest BCUT2D eigenvalue weighted by molar-refractivity contribution is -0.142.